The van der Waals surface area contributed by atoms with E-state index in [1.165, 1.54) is 29.6 Å². The van der Waals surface area contributed by atoms with Crippen molar-refractivity contribution in [1.82, 2.24) is 9.62 Å². The highest BCUT2D eigenvalue weighted by Crippen LogP contribution is 2.49. The third kappa shape index (κ3) is 3.69. The van der Waals surface area contributed by atoms with Crippen LogP contribution in [-0.2, 0) is 14.8 Å². The standard InChI is InChI=1S/C20H27FN2O4S/c1-13(17-11-14-2-3-15(17)10-14)22-20(24)16-4-5-18(21)19(12-16)28(25,26)23-6-8-27-9-7-23/h4-5,12-15,17H,2-3,6-11H2,1H3,(H,22,24). The number of hydrogen-bond acceptors (Lipinski definition) is 4. The molecule has 1 amide bonds. The molecule has 154 valence electrons. The molecular weight excluding hydrogens is 383 g/mol. The average molecular weight is 411 g/mol. The Morgan fingerprint density at radius 1 is 1.25 bits per heavy atom. The molecule has 1 heterocycles. The van der Waals surface area contributed by atoms with E-state index in [1.54, 1.807) is 0 Å². The van der Waals surface area contributed by atoms with Crippen LogP contribution in [0, 0.1) is 23.6 Å². The Hall–Kier alpha value is -1.51. The molecule has 2 aliphatic carbocycles. The third-order valence-electron chi connectivity index (χ3n) is 6.58. The first-order chi connectivity index (χ1) is 13.4. The van der Waals surface area contributed by atoms with Crippen molar-refractivity contribution < 1.29 is 22.3 Å². The molecule has 1 N–H and O–H groups in total. The summed E-state index contributed by atoms with van der Waals surface area (Å²) in [6, 6.07) is 3.58. The van der Waals surface area contributed by atoms with Crippen LogP contribution < -0.4 is 5.32 Å². The predicted octanol–water partition coefficient (Wildman–Crippen LogP) is 2.40. The summed E-state index contributed by atoms with van der Waals surface area (Å²) in [6.07, 6.45) is 4.92. The lowest BCUT2D eigenvalue weighted by Gasteiger charge is -2.28. The summed E-state index contributed by atoms with van der Waals surface area (Å²) in [4.78, 5) is 12.3. The molecule has 1 aromatic carbocycles. The van der Waals surface area contributed by atoms with Gasteiger partial charge in [-0.15, -0.1) is 0 Å². The fourth-order valence-electron chi connectivity index (χ4n) is 5.07. The van der Waals surface area contributed by atoms with Gasteiger partial charge in [0.25, 0.3) is 5.91 Å². The van der Waals surface area contributed by atoms with Gasteiger partial charge in [0, 0.05) is 24.7 Å². The minimum Gasteiger partial charge on any atom is -0.379 e. The van der Waals surface area contributed by atoms with E-state index in [0.29, 0.717) is 11.8 Å². The van der Waals surface area contributed by atoms with Crippen LogP contribution in [0.5, 0.6) is 0 Å². The van der Waals surface area contributed by atoms with Crippen molar-refractivity contribution in [2.75, 3.05) is 26.3 Å². The molecule has 1 aromatic rings. The number of halogens is 1. The van der Waals surface area contributed by atoms with E-state index >= 15 is 0 Å². The van der Waals surface area contributed by atoms with Gasteiger partial charge in [-0.1, -0.05) is 6.42 Å². The SMILES string of the molecule is CC(NC(=O)c1ccc(F)c(S(=O)(=O)N2CCOCC2)c1)C1CC2CCC1C2. The number of nitrogens with zero attached hydrogens (tertiary/aromatic N) is 1. The molecule has 1 saturated heterocycles. The Morgan fingerprint density at radius 2 is 2.00 bits per heavy atom. The number of ether oxygens (including phenoxy) is 1. The van der Waals surface area contributed by atoms with E-state index in [-0.39, 0.29) is 43.8 Å². The van der Waals surface area contributed by atoms with Crippen LogP contribution in [-0.4, -0.2) is 51.0 Å². The van der Waals surface area contributed by atoms with Crippen LogP contribution in [0.4, 0.5) is 4.39 Å². The van der Waals surface area contributed by atoms with Gasteiger partial charge in [-0.3, -0.25) is 4.79 Å². The maximum absolute atomic E-state index is 14.3. The maximum Gasteiger partial charge on any atom is 0.251 e. The summed E-state index contributed by atoms with van der Waals surface area (Å²) in [5, 5.41) is 3.01. The van der Waals surface area contributed by atoms with Crippen molar-refractivity contribution in [3.05, 3.63) is 29.6 Å². The first kappa shape index (κ1) is 19.8. The highest BCUT2D eigenvalue weighted by molar-refractivity contribution is 7.89. The fourth-order valence-corrected chi connectivity index (χ4v) is 6.57. The van der Waals surface area contributed by atoms with Gasteiger partial charge in [-0.05, 0) is 62.1 Å². The number of fused-ring (bicyclic) bond motifs is 2. The van der Waals surface area contributed by atoms with Crippen molar-refractivity contribution >= 4 is 15.9 Å². The van der Waals surface area contributed by atoms with E-state index < -0.39 is 20.7 Å². The Labute approximate surface area is 165 Å². The largest absolute Gasteiger partial charge is 0.379 e. The van der Waals surface area contributed by atoms with Gasteiger partial charge in [-0.25, -0.2) is 12.8 Å². The molecule has 3 aliphatic rings. The lowest BCUT2D eigenvalue weighted by Crippen LogP contribution is -2.41. The van der Waals surface area contributed by atoms with Gasteiger partial charge in [0.1, 0.15) is 10.7 Å². The quantitative estimate of drug-likeness (QED) is 0.809. The number of hydrogen-bond donors (Lipinski definition) is 1. The van der Waals surface area contributed by atoms with Gasteiger partial charge in [0.15, 0.2) is 0 Å². The van der Waals surface area contributed by atoms with Crippen LogP contribution in [0.25, 0.3) is 0 Å². The molecular formula is C20H27FN2O4S. The minimum absolute atomic E-state index is 0.0205. The Bertz CT molecular complexity index is 854. The fraction of sp³-hybridized carbons (Fsp3) is 0.650. The summed E-state index contributed by atoms with van der Waals surface area (Å²) in [6.45, 7) is 2.93. The number of morpholine rings is 1. The highest BCUT2D eigenvalue weighted by Gasteiger charge is 2.42. The van der Waals surface area contributed by atoms with Crippen molar-refractivity contribution in [2.45, 2.75) is 43.5 Å². The Balaban J connectivity index is 1.50. The molecule has 0 spiro atoms. The number of rotatable bonds is 5. The van der Waals surface area contributed by atoms with Crippen LogP contribution in [0.1, 0.15) is 43.0 Å². The van der Waals surface area contributed by atoms with Crippen LogP contribution in [0.2, 0.25) is 0 Å². The number of carbonyl (C=O) groups excluding carboxylic acids is 1. The Morgan fingerprint density at radius 3 is 2.64 bits per heavy atom. The molecule has 28 heavy (non-hydrogen) atoms. The molecule has 1 aliphatic heterocycles. The van der Waals surface area contributed by atoms with Gasteiger partial charge in [0.2, 0.25) is 10.0 Å². The number of carbonyl (C=O) groups is 1. The predicted molar refractivity (Wildman–Crippen MR) is 102 cm³/mol. The van der Waals surface area contributed by atoms with Crippen molar-refractivity contribution in [3.8, 4) is 0 Å². The molecule has 0 aromatic heterocycles. The van der Waals surface area contributed by atoms with Crippen molar-refractivity contribution in [3.63, 3.8) is 0 Å². The molecule has 3 fully saturated rings. The molecule has 0 radical (unpaired) electrons. The van der Waals surface area contributed by atoms with Gasteiger partial charge < -0.3 is 10.1 Å². The van der Waals surface area contributed by atoms with Gasteiger partial charge >= 0.3 is 0 Å². The highest BCUT2D eigenvalue weighted by atomic mass is 32.2. The molecule has 8 heteroatoms. The lowest BCUT2D eigenvalue weighted by atomic mass is 9.84. The second-order valence-corrected chi connectivity index (χ2v) is 10.2. The first-order valence-electron chi connectivity index (χ1n) is 10.0. The Kier molecular flexibility index (Phi) is 5.46. The van der Waals surface area contributed by atoms with E-state index in [2.05, 4.69) is 5.32 Å². The number of sulfonamides is 1. The number of benzene rings is 1. The molecule has 6 nitrogen and oxygen atoms in total. The van der Waals surface area contributed by atoms with Gasteiger partial charge in [0.05, 0.1) is 13.2 Å². The van der Waals surface area contributed by atoms with Crippen molar-refractivity contribution in [2.24, 2.45) is 17.8 Å². The monoisotopic (exact) mass is 410 g/mol. The zero-order valence-corrected chi connectivity index (χ0v) is 16.9. The van der Waals surface area contributed by atoms with Crippen LogP contribution in [0.15, 0.2) is 23.1 Å². The summed E-state index contributed by atoms with van der Waals surface area (Å²) in [5.74, 6) is 0.730. The molecule has 4 rings (SSSR count). The molecule has 2 saturated carbocycles. The molecule has 4 unspecified atom stereocenters. The summed E-state index contributed by atoms with van der Waals surface area (Å²) in [7, 11) is -4.00. The van der Waals surface area contributed by atoms with E-state index in [1.807, 2.05) is 6.92 Å². The molecule has 2 bridgehead atoms. The van der Waals surface area contributed by atoms with Crippen molar-refractivity contribution in [1.29, 1.82) is 0 Å². The zero-order chi connectivity index (χ0) is 19.9. The van der Waals surface area contributed by atoms with Gasteiger partial charge in [-0.2, -0.15) is 4.31 Å². The summed E-state index contributed by atoms with van der Waals surface area (Å²) < 4.78 is 46.3. The third-order valence-corrected chi connectivity index (χ3v) is 8.49. The van der Waals surface area contributed by atoms with Crippen LogP contribution in [0.3, 0.4) is 0 Å². The van der Waals surface area contributed by atoms with E-state index in [9.17, 15) is 17.6 Å². The molecule has 4 atom stereocenters. The summed E-state index contributed by atoms with van der Waals surface area (Å²) in [5.41, 5.74) is 0.170. The smallest absolute Gasteiger partial charge is 0.251 e. The minimum atomic E-state index is -4.00. The lowest BCUT2D eigenvalue weighted by molar-refractivity contribution is 0.0729. The summed E-state index contributed by atoms with van der Waals surface area (Å²) >= 11 is 0. The topological polar surface area (TPSA) is 75.7 Å². The average Bonchev–Trinajstić information content (AvgIpc) is 3.32. The first-order valence-corrected chi connectivity index (χ1v) is 11.5. The number of amides is 1. The van der Waals surface area contributed by atoms with Crippen LogP contribution >= 0.6 is 0 Å². The normalized spacial score (nSPS) is 29.0. The van der Waals surface area contributed by atoms with E-state index in [0.717, 1.165) is 24.5 Å². The maximum atomic E-state index is 14.3. The number of nitrogens with one attached hydrogen (secondary N) is 1. The second-order valence-electron chi connectivity index (χ2n) is 8.26. The zero-order valence-electron chi connectivity index (χ0n) is 16.1. The van der Waals surface area contributed by atoms with E-state index in [4.69, 9.17) is 4.74 Å². The second kappa shape index (κ2) is 7.72.